The van der Waals surface area contributed by atoms with Crippen LogP contribution in [0.4, 0.5) is 0 Å². The second-order valence-electron chi connectivity index (χ2n) is 6.99. The minimum atomic E-state index is -0.0319. The van der Waals surface area contributed by atoms with Gasteiger partial charge in [0.25, 0.3) is 0 Å². The average molecular weight is 392 g/mol. The molecule has 2 fully saturated rings. The molecular weight excluding hydrogens is 362 g/mol. The molecule has 1 aromatic rings. The SMILES string of the molecule is COCCN1CCC(N2CCCN(C(=O)CSc3ccccc3)CC2)C1=O. The lowest BCUT2D eigenvalue weighted by atomic mass is 10.2. The molecule has 1 atom stereocenters. The summed E-state index contributed by atoms with van der Waals surface area (Å²) < 4.78 is 5.09. The van der Waals surface area contributed by atoms with Crippen LogP contribution in [-0.4, -0.2) is 91.3 Å². The molecule has 2 amide bonds. The molecule has 3 rings (SSSR count). The van der Waals surface area contributed by atoms with Gasteiger partial charge >= 0.3 is 0 Å². The summed E-state index contributed by atoms with van der Waals surface area (Å²) in [4.78, 5) is 32.5. The van der Waals surface area contributed by atoms with Crippen molar-refractivity contribution in [1.82, 2.24) is 14.7 Å². The molecule has 27 heavy (non-hydrogen) atoms. The number of hydrogen-bond donors (Lipinski definition) is 0. The predicted molar refractivity (Wildman–Crippen MR) is 107 cm³/mol. The zero-order valence-electron chi connectivity index (χ0n) is 16.0. The Morgan fingerprint density at radius 1 is 1.15 bits per heavy atom. The van der Waals surface area contributed by atoms with E-state index in [2.05, 4.69) is 4.90 Å². The molecule has 0 aromatic heterocycles. The highest BCUT2D eigenvalue weighted by Crippen LogP contribution is 2.21. The third-order valence-corrected chi connectivity index (χ3v) is 6.26. The van der Waals surface area contributed by atoms with Crippen LogP contribution in [0.25, 0.3) is 0 Å². The third-order valence-electron chi connectivity index (χ3n) is 5.26. The van der Waals surface area contributed by atoms with Crippen molar-refractivity contribution in [3.8, 4) is 0 Å². The van der Waals surface area contributed by atoms with Gasteiger partial charge in [0.15, 0.2) is 0 Å². The molecule has 2 aliphatic rings. The second-order valence-corrected chi connectivity index (χ2v) is 8.04. The lowest BCUT2D eigenvalue weighted by Crippen LogP contribution is -2.44. The van der Waals surface area contributed by atoms with E-state index < -0.39 is 0 Å². The predicted octanol–water partition coefficient (Wildman–Crippen LogP) is 1.56. The van der Waals surface area contributed by atoms with Gasteiger partial charge in [-0.05, 0) is 25.0 Å². The summed E-state index contributed by atoms with van der Waals surface area (Å²) >= 11 is 1.59. The first-order valence-electron chi connectivity index (χ1n) is 9.66. The summed E-state index contributed by atoms with van der Waals surface area (Å²) in [5.41, 5.74) is 0. The van der Waals surface area contributed by atoms with E-state index in [1.54, 1.807) is 18.9 Å². The van der Waals surface area contributed by atoms with E-state index in [1.807, 2.05) is 40.1 Å². The highest BCUT2D eigenvalue weighted by molar-refractivity contribution is 8.00. The molecule has 0 bridgehead atoms. The molecule has 6 nitrogen and oxygen atoms in total. The zero-order valence-corrected chi connectivity index (χ0v) is 16.8. The van der Waals surface area contributed by atoms with E-state index in [0.29, 0.717) is 25.4 Å². The molecule has 0 aliphatic carbocycles. The minimum Gasteiger partial charge on any atom is -0.383 e. The van der Waals surface area contributed by atoms with Crippen LogP contribution in [0.2, 0.25) is 0 Å². The monoisotopic (exact) mass is 391 g/mol. The Morgan fingerprint density at radius 2 is 1.96 bits per heavy atom. The van der Waals surface area contributed by atoms with E-state index in [-0.39, 0.29) is 17.9 Å². The average Bonchev–Trinajstić information content (AvgIpc) is 2.90. The summed E-state index contributed by atoms with van der Waals surface area (Å²) in [6.07, 6.45) is 1.80. The highest BCUT2D eigenvalue weighted by atomic mass is 32.2. The molecule has 0 N–H and O–H groups in total. The van der Waals surface area contributed by atoms with Gasteiger partial charge in [-0.2, -0.15) is 0 Å². The van der Waals surface area contributed by atoms with Crippen LogP contribution in [0.3, 0.4) is 0 Å². The fraction of sp³-hybridized carbons (Fsp3) is 0.600. The van der Waals surface area contributed by atoms with E-state index in [9.17, 15) is 9.59 Å². The molecular formula is C20H29N3O3S. The van der Waals surface area contributed by atoms with E-state index >= 15 is 0 Å². The third kappa shape index (κ3) is 5.46. The number of carbonyl (C=O) groups excluding carboxylic acids is 2. The number of hydrogen-bond acceptors (Lipinski definition) is 5. The molecule has 0 saturated carbocycles. The summed E-state index contributed by atoms with van der Waals surface area (Å²) in [6.45, 7) is 5.19. The first-order chi connectivity index (χ1) is 13.2. The largest absolute Gasteiger partial charge is 0.383 e. The van der Waals surface area contributed by atoms with Crippen LogP contribution in [0.15, 0.2) is 35.2 Å². The van der Waals surface area contributed by atoms with Gasteiger partial charge in [0.2, 0.25) is 11.8 Å². The van der Waals surface area contributed by atoms with Crippen LogP contribution >= 0.6 is 11.8 Å². The van der Waals surface area contributed by atoms with Crippen molar-refractivity contribution in [3.05, 3.63) is 30.3 Å². The van der Waals surface area contributed by atoms with Crippen molar-refractivity contribution >= 4 is 23.6 Å². The second kappa shape index (κ2) is 10.1. The van der Waals surface area contributed by atoms with Crippen molar-refractivity contribution < 1.29 is 14.3 Å². The molecule has 148 valence electrons. The van der Waals surface area contributed by atoms with Crippen LogP contribution in [-0.2, 0) is 14.3 Å². The van der Waals surface area contributed by atoms with Gasteiger partial charge in [0.05, 0.1) is 18.4 Å². The van der Waals surface area contributed by atoms with Gasteiger partial charge in [-0.15, -0.1) is 11.8 Å². The zero-order chi connectivity index (χ0) is 19.1. The van der Waals surface area contributed by atoms with Crippen molar-refractivity contribution in [1.29, 1.82) is 0 Å². The normalized spacial score (nSPS) is 21.5. The number of likely N-dealkylation sites (tertiary alicyclic amines) is 1. The number of rotatable bonds is 7. The van der Waals surface area contributed by atoms with Gasteiger partial charge < -0.3 is 14.5 Å². The Labute approximate surface area is 165 Å². The first-order valence-corrected chi connectivity index (χ1v) is 10.6. The lowest BCUT2D eigenvalue weighted by molar-refractivity contribution is -0.132. The van der Waals surface area contributed by atoms with Crippen molar-refractivity contribution in [3.63, 3.8) is 0 Å². The van der Waals surface area contributed by atoms with Gasteiger partial charge in [0, 0.05) is 51.3 Å². The molecule has 1 unspecified atom stereocenters. The standard InChI is InChI=1S/C20H29N3O3S/c1-26-15-14-23-11-8-18(20(23)25)21-9-5-10-22(13-12-21)19(24)16-27-17-6-3-2-4-7-17/h2-4,6-7,18H,5,8-16H2,1H3. The first kappa shape index (κ1) is 20.2. The van der Waals surface area contributed by atoms with Crippen molar-refractivity contribution in [2.24, 2.45) is 0 Å². The fourth-order valence-corrected chi connectivity index (χ4v) is 4.56. The maximum atomic E-state index is 12.6. The number of methoxy groups -OCH3 is 1. The van der Waals surface area contributed by atoms with Gasteiger partial charge in [-0.1, -0.05) is 18.2 Å². The Balaban J connectivity index is 1.47. The number of amides is 2. The highest BCUT2D eigenvalue weighted by Gasteiger charge is 2.36. The molecule has 0 radical (unpaired) electrons. The number of thioether (sulfide) groups is 1. The summed E-state index contributed by atoms with van der Waals surface area (Å²) in [5, 5.41) is 0. The number of nitrogens with zero attached hydrogens (tertiary/aromatic N) is 3. The molecule has 2 heterocycles. The van der Waals surface area contributed by atoms with Crippen LogP contribution in [0.1, 0.15) is 12.8 Å². The summed E-state index contributed by atoms with van der Waals surface area (Å²) in [7, 11) is 1.66. The maximum absolute atomic E-state index is 12.6. The summed E-state index contributed by atoms with van der Waals surface area (Å²) in [5.74, 6) is 0.869. The van der Waals surface area contributed by atoms with Crippen LogP contribution in [0.5, 0.6) is 0 Å². The van der Waals surface area contributed by atoms with Gasteiger partial charge in [-0.3, -0.25) is 14.5 Å². The number of carbonyl (C=O) groups is 2. The lowest BCUT2D eigenvalue weighted by Gasteiger charge is -2.26. The Bertz CT molecular complexity index is 628. The maximum Gasteiger partial charge on any atom is 0.240 e. The Kier molecular flexibility index (Phi) is 7.55. The van der Waals surface area contributed by atoms with Crippen LogP contribution in [0, 0.1) is 0 Å². The minimum absolute atomic E-state index is 0.0319. The van der Waals surface area contributed by atoms with Crippen LogP contribution < -0.4 is 0 Å². The topological polar surface area (TPSA) is 53.1 Å². The number of ether oxygens (including phenoxy) is 1. The summed E-state index contributed by atoms with van der Waals surface area (Å²) in [6, 6.07) is 9.99. The van der Waals surface area contributed by atoms with Crippen molar-refractivity contribution in [2.75, 3.05) is 58.7 Å². The van der Waals surface area contributed by atoms with Gasteiger partial charge in [-0.25, -0.2) is 0 Å². The molecule has 0 spiro atoms. The van der Waals surface area contributed by atoms with Crippen molar-refractivity contribution in [2.45, 2.75) is 23.8 Å². The molecule has 7 heteroatoms. The molecule has 2 saturated heterocycles. The van der Waals surface area contributed by atoms with E-state index in [0.717, 1.165) is 43.9 Å². The quantitative estimate of drug-likeness (QED) is 0.661. The Hall–Kier alpha value is -1.57. The smallest absolute Gasteiger partial charge is 0.240 e. The Morgan fingerprint density at radius 3 is 2.74 bits per heavy atom. The van der Waals surface area contributed by atoms with E-state index in [1.165, 1.54) is 0 Å². The number of benzene rings is 1. The van der Waals surface area contributed by atoms with E-state index in [4.69, 9.17) is 4.74 Å². The molecule has 1 aromatic carbocycles. The van der Waals surface area contributed by atoms with Gasteiger partial charge in [0.1, 0.15) is 0 Å². The fourth-order valence-electron chi connectivity index (χ4n) is 3.74. The molecule has 2 aliphatic heterocycles.